The summed E-state index contributed by atoms with van der Waals surface area (Å²) in [7, 11) is 2.80. The van der Waals surface area contributed by atoms with Gasteiger partial charge in [-0.05, 0) is 18.2 Å². The SMILES string of the molecule is COC(=O)c1ccc(OC)c(C=CCC(=O)O)c1. The van der Waals surface area contributed by atoms with Crippen LogP contribution in [0.5, 0.6) is 5.75 Å². The molecular formula is C13H14O5. The van der Waals surface area contributed by atoms with E-state index in [0.29, 0.717) is 16.9 Å². The lowest BCUT2D eigenvalue weighted by Crippen LogP contribution is -2.01. The summed E-state index contributed by atoms with van der Waals surface area (Å²) in [6.07, 6.45) is 2.99. The highest BCUT2D eigenvalue weighted by molar-refractivity contribution is 5.90. The largest absolute Gasteiger partial charge is 0.496 e. The molecule has 1 rings (SSSR count). The van der Waals surface area contributed by atoms with Crippen molar-refractivity contribution in [3.8, 4) is 5.75 Å². The monoisotopic (exact) mass is 250 g/mol. The number of benzene rings is 1. The Balaban J connectivity index is 3.02. The van der Waals surface area contributed by atoms with Crippen LogP contribution in [0.2, 0.25) is 0 Å². The van der Waals surface area contributed by atoms with Gasteiger partial charge in [-0.3, -0.25) is 4.79 Å². The Morgan fingerprint density at radius 2 is 2.06 bits per heavy atom. The summed E-state index contributed by atoms with van der Waals surface area (Å²) in [5, 5.41) is 8.54. The van der Waals surface area contributed by atoms with E-state index in [1.54, 1.807) is 24.3 Å². The predicted octanol–water partition coefficient (Wildman–Crippen LogP) is 1.97. The minimum absolute atomic E-state index is 0.0917. The van der Waals surface area contributed by atoms with Gasteiger partial charge in [0.2, 0.25) is 0 Å². The number of hydrogen-bond donors (Lipinski definition) is 1. The highest BCUT2D eigenvalue weighted by Gasteiger charge is 2.08. The number of carboxylic acid groups (broad SMARTS) is 1. The third-order valence-electron chi connectivity index (χ3n) is 2.24. The van der Waals surface area contributed by atoms with Crippen molar-refractivity contribution in [2.24, 2.45) is 0 Å². The smallest absolute Gasteiger partial charge is 0.337 e. The molecule has 0 heterocycles. The van der Waals surface area contributed by atoms with E-state index in [1.807, 2.05) is 0 Å². The molecule has 0 amide bonds. The van der Waals surface area contributed by atoms with Crippen LogP contribution in [0.15, 0.2) is 24.3 Å². The van der Waals surface area contributed by atoms with Crippen molar-refractivity contribution in [2.75, 3.05) is 14.2 Å². The molecule has 0 fully saturated rings. The van der Waals surface area contributed by atoms with E-state index in [4.69, 9.17) is 9.84 Å². The van der Waals surface area contributed by atoms with Crippen LogP contribution in [0.4, 0.5) is 0 Å². The Hall–Kier alpha value is -2.30. The highest BCUT2D eigenvalue weighted by atomic mass is 16.5. The van der Waals surface area contributed by atoms with Gasteiger partial charge in [-0.25, -0.2) is 4.79 Å². The summed E-state index contributed by atoms with van der Waals surface area (Å²) in [6.45, 7) is 0. The summed E-state index contributed by atoms with van der Waals surface area (Å²) in [4.78, 5) is 21.8. The molecule has 0 atom stereocenters. The number of hydrogen-bond acceptors (Lipinski definition) is 4. The molecule has 5 heteroatoms. The van der Waals surface area contributed by atoms with Gasteiger partial charge in [-0.2, -0.15) is 0 Å². The van der Waals surface area contributed by atoms with Crippen molar-refractivity contribution in [3.05, 3.63) is 35.4 Å². The second-order valence-electron chi connectivity index (χ2n) is 3.45. The standard InChI is InChI=1S/C13H14O5/c1-17-11-7-6-10(13(16)18-2)8-9(11)4-3-5-12(14)15/h3-4,6-8H,5H2,1-2H3,(H,14,15). The van der Waals surface area contributed by atoms with E-state index in [-0.39, 0.29) is 6.42 Å². The zero-order valence-electron chi connectivity index (χ0n) is 10.2. The van der Waals surface area contributed by atoms with E-state index in [9.17, 15) is 9.59 Å². The van der Waals surface area contributed by atoms with Crippen LogP contribution in [-0.2, 0) is 9.53 Å². The zero-order chi connectivity index (χ0) is 13.5. The molecule has 0 saturated carbocycles. The maximum atomic E-state index is 11.4. The van der Waals surface area contributed by atoms with Crippen LogP contribution in [-0.4, -0.2) is 31.3 Å². The third kappa shape index (κ3) is 3.62. The Labute approximate surface area is 105 Å². The number of ether oxygens (including phenoxy) is 2. The van der Waals surface area contributed by atoms with Crippen LogP contribution < -0.4 is 4.74 Å². The summed E-state index contributed by atoms with van der Waals surface area (Å²) in [6, 6.07) is 4.80. The van der Waals surface area contributed by atoms with Gasteiger partial charge in [0.25, 0.3) is 0 Å². The first-order valence-corrected chi connectivity index (χ1v) is 5.23. The second kappa shape index (κ2) is 6.44. The molecule has 0 saturated heterocycles. The molecule has 0 unspecified atom stereocenters. The molecular weight excluding hydrogens is 236 g/mol. The number of carbonyl (C=O) groups is 2. The number of carbonyl (C=O) groups excluding carboxylic acids is 1. The predicted molar refractivity (Wildman–Crippen MR) is 65.6 cm³/mol. The van der Waals surface area contributed by atoms with Gasteiger partial charge >= 0.3 is 11.9 Å². The Kier molecular flexibility index (Phi) is 4.92. The first kappa shape index (κ1) is 13.8. The number of esters is 1. The first-order valence-electron chi connectivity index (χ1n) is 5.23. The first-order chi connectivity index (χ1) is 8.58. The van der Waals surface area contributed by atoms with Crippen LogP contribution in [0, 0.1) is 0 Å². The van der Waals surface area contributed by atoms with E-state index < -0.39 is 11.9 Å². The molecule has 18 heavy (non-hydrogen) atoms. The fraction of sp³-hybridized carbons (Fsp3) is 0.231. The molecule has 5 nitrogen and oxygen atoms in total. The van der Waals surface area contributed by atoms with Crippen LogP contribution in [0.25, 0.3) is 6.08 Å². The van der Waals surface area contributed by atoms with Crippen molar-refractivity contribution in [1.29, 1.82) is 0 Å². The van der Waals surface area contributed by atoms with Gasteiger partial charge in [-0.15, -0.1) is 0 Å². The lowest BCUT2D eigenvalue weighted by Gasteiger charge is -2.06. The number of carboxylic acids is 1. The molecule has 1 N–H and O–H groups in total. The van der Waals surface area contributed by atoms with Gasteiger partial charge in [-0.1, -0.05) is 12.2 Å². The molecule has 0 spiro atoms. The fourth-order valence-corrected chi connectivity index (χ4v) is 1.40. The van der Waals surface area contributed by atoms with E-state index in [2.05, 4.69) is 4.74 Å². The molecule has 96 valence electrons. The maximum Gasteiger partial charge on any atom is 0.337 e. The molecule has 0 radical (unpaired) electrons. The van der Waals surface area contributed by atoms with Crippen LogP contribution in [0.1, 0.15) is 22.3 Å². The summed E-state index contributed by atoms with van der Waals surface area (Å²) >= 11 is 0. The van der Waals surface area contributed by atoms with Gasteiger partial charge in [0.1, 0.15) is 5.75 Å². The van der Waals surface area contributed by atoms with E-state index >= 15 is 0 Å². The Morgan fingerprint density at radius 1 is 1.33 bits per heavy atom. The Morgan fingerprint density at radius 3 is 2.61 bits per heavy atom. The minimum Gasteiger partial charge on any atom is -0.496 e. The lowest BCUT2D eigenvalue weighted by molar-refractivity contribution is -0.135. The van der Waals surface area contributed by atoms with E-state index in [1.165, 1.54) is 20.3 Å². The quantitative estimate of drug-likeness (QED) is 0.809. The molecule has 0 aliphatic heterocycles. The van der Waals surface area contributed by atoms with Gasteiger partial charge in [0.15, 0.2) is 0 Å². The Bertz CT molecular complexity index is 476. The molecule has 0 aromatic heterocycles. The third-order valence-corrected chi connectivity index (χ3v) is 2.24. The maximum absolute atomic E-state index is 11.4. The summed E-state index contributed by atoms with van der Waals surface area (Å²) < 4.78 is 9.73. The molecule has 0 aliphatic rings. The topological polar surface area (TPSA) is 72.8 Å². The summed E-state index contributed by atoms with van der Waals surface area (Å²) in [5.41, 5.74) is 1.01. The highest BCUT2D eigenvalue weighted by Crippen LogP contribution is 2.22. The minimum atomic E-state index is -0.922. The van der Waals surface area contributed by atoms with Crippen molar-refractivity contribution in [3.63, 3.8) is 0 Å². The van der Waals surface area contributed by atoms with Gasteiger partial charge in [0.05, 0.1) is 26.2 Å². The van der Waals surface area contributed by atoms with Crippen molar-refractivity contribution in [2.45, 2.75) is 6.42 Å². The lowest BCUT2D eigenvalue weighted by atomic mass is 10.1. The second-order valence-corrected chi connectivity index (χ2v) is 3.45. The van der Waals surface area contributed by atoms with Crippen molar-refractivity contribution >= 4 is 18.0 Å². The number of rotatable bonds is 5. The number of aliphatic carboxylic acids is 1. The number of methoxy groups -OCH3 is 2. The molecule has 0 bridgehead atoms. The van der Waals surface area contributed by atoms with Gasteiger partial charge < -0.3 is 14.6 Å². The van der Waals surface area contributed by atoms with Crippen molar-refractivity contribution < 1.29 is 24.2 Å². The average Bonchev–Trinajstić information content (AvgIpc) is 2.37. The van der Waals surface area contributed by atoms with Crippen LogP contribution in [0.3, 0.4) is 0 Å². The van der Waals surface area contributed by atoms with Crippen molar-refractivity contribution in [1.82, 2.24) is 0 Å². The average molecular weight is 250 g/mol. The van der Waals surface area contributed by atoms with E-state index in [0.717, 1.165) is 0 Å². The molecule has 1 aromatic rings. The zero-order valence-corrected chi connectivity index (χ0v) is 10.2. The molecule has 0 aliphatic carbocycles. The molecule has 1 aromatic carbocycles. The fourth-order valence-electron chi connectivity index (χ4n) is 1.40. The summed E-state index contributed by atoms with van der Waals surface area (Å²) in [5.74, 6) is -0.816. The normalized spacial score (nSPS) is 10.3. The van der Waals surface area contributed by atoms with Crippen LogP contribution >= 0.6 is 0 Å². The van der Waals surface area contributed by atoms with Gasteiger partial charge in [0, 0.05) is 5.56 Å².